The van der Waals surface area contributed by atoms with Gasteiger partial charge in [0.2, 0.25) is 0 Å². The molecular formula is C8H19N2OP. The van der Waals surface area contributed by atoms with Crippen molar-refractivity contribution in [2.75, 3.05) is 27.2 Å². The SMILES string of the molecule is CC(C)[P+]1([O-])N(C)CCCN1C. The first-order valence-corrected chi connectivity index (χ1v) is 6.20. The van der Waals surface area contributed by atoms with E-state index in [0.717, 1.165) is 19.5 Å². The molecule has 3 nitrogen and oxygen atoms in total. The van der Waals surface area contributed by atoms with Crippen molar-refractivity contribution in [3.63, 3.8) is 0 Å². The molecule has 0 spiro atoms. The quantitative estimate of drug-likeness (QED) is 0.572. The maximum absolute atomic E-state index is 12.4. The molecule has 72 valence electrons. The largest absolute Gasteiger partial charge is 0.651 e. The molecule has 1 fully saturated rings. The van der Waals surface area contributed by atoms with Crippen LogP contribution >= 0.6 is 7.79 Å². The van der Waals surface area contributed by atoms with Crippen LogP contribution in [0.25, 0.3) is 0 Å². The highest BCUT2D eigenvalue weighted by molar-refractivity contribution is 7.64. The van der Waals surface area contributed by atoms with Crippen LogP contribution in [0.15, 0.2) is 0 Å². The third-order valence-electron chi connectivity index (χ3n) is 2.61. The van der Waals surface area contributed by atoms with Gasteiger partial charge in [-0.3, -0.25) is 0 Å². The number of rotatable bonds is 1. The lowest BCUT2D eigenvalue weighted by molar-refractivity contribution is -0.197. The monoisotopic (exact) mass is 190 g/mol. The van der Waals surface area contributed by atoms with E-state index >= 15 is 0 Å². The van der Waals surface area contributed by atoms with Crippen LogP contribution in [0.3, 0.4) is 0 Å². The van der Waals surface area contributed by atoms with Gasteiger partial charge in [-0.25, -0.2) is 0 Å². The van der Waals surface area contributed by atoms with Gasteiger partial charge in [0.05, 0.1) is 5.66 Å². The van der Waals surface area contributed by atoms with E-state index in [4.69, 9.17) is 0 Å². The summed E-state index contributed by atoms with van der Waals surface area (Å²) < 4.78 is 4.06. The fourth-order valence-corrected chi connectivity index (χ4v) is 4.82. The molecule has 0 aliphatic carbocycles. The Labute approximate surface area is 75.9 Å². The molecule has 1 saturated heterocycles. The van der Waals surface area contributed by atoms with Gasteiger partial charge < -0.3 is 4.89 Å². The second-order valence-electron chi connectivity index (χ2n) is 3.80. The third-order valence-corrected chi connectivity index (χ3v) is 6.32. The fourth-order valence-electron chi connectivity index (χ4n) is 1.86. The molecule has 0 aromatic heterocycles. The molecule has 1 rings (SSSR count). The van der Waals surface area contributed by atoms with Gasteiger partial charge in [-0.2, -0.15) is 9.34 Å². The van der Waals surface area contributed by atoms with E-state index in [0.29, 0.717) is 0 Å². The highest BCUT2D eigenvalue weighted by Gasteiger charge is 2.42. The molecule has 0 amide bonds. The molecular weight excluding hydrogens is 171 g/mol. The number of hydrogen-bond acceptors (Lipinski definition) is 3. The molecule has 1 aliphatic rings. The second kappa shape index (κ2) is 3.59. The average Bonchev–Trinajstić information content (AvgIpc) is 1.99. The van der Waals surface area contributed by atoms with Crippen molar-refractivity contribution in [3.05, 3.63) is 0 Å². The maximum Gasteiger partial charge on any atom is 0.108 e. The average molecular weight is 190 g/mol. The van der Waals surface area contributed by atoms with Gasteiger partial charge in [0, 0.05) is 27.2 Å². The van der Waals surface area contributed by atoms with Crippen LogP contribution in [0, 0.1) is 0 Å². The number of nitrogens with zero attached hydrogens (tertiary/aromatic N) is 2. The minimum Gasteiger partial charge on any atom is -0.651 e. The molecule has 0 bridgehead atoms. The zero-order valence-corrected chi connectivity index (χ0v) is 9.34. The zero-order chi connectivity index (χ0) is 9.35. The molecule has 4 heteroatoms. The van der Waals surface area contributed by atoms with Crippen LogP contribution in [0.1, 0.15) is 20.3 Å². The van der Waals surface area contributed by atoms with Gasteiger partial charge in [-0.1, -0.05) is 0 Å². The van der Waals surface area contributed by atoms with Crippen LogP contribution in [0.2, 0.25) is 0 Å². The van der Waals surface area contributed by atoms with Gasteiger partial charge in [0.1, 0.15) is 7.79 Å². The molecule has 0 unspecified atom stereocenters. The van der Waals surface area contributed by atoms with Crippen molar-refractivity contribution < 1.29 is 4.89 Å². The summed E-state index contributed by atoms with van der Waals surface area (Å²) in [6, 6.07) is 0. The topological polar surface area (TPSA) is 29.5 Å². The first-order chi connectivity index (χ1) is 5.49. The Kier molecular flexibility index (Phi) is 3.11. The van der Waals surface area contributed by atoms with Crippen LogP contribution in [0.4, 0.5) is 0 Å². The number of hydrogen-bond donors (Lipinski definition) is 0. The summed E-state index contributed by atoms with van der Waals surface area (Å²) in [5, 5.41) is 0. The van der Waals surface area contributed by atoms with E-state index in [1.54, 1.807) is 0 Å². The first kappa shape index (κ1) is 10.4. The molecule has 0 aromatic rings. The van der Waals surface area contributed by atoms with E-state index in [1.807, 2.05) is 37.3 Å². The minimum atomic E-state index is -2.20. The molecule has 1 heterocycles. The summed E-state index contributed by atoms with van der Waals surface area (Å²) in [5.41, 5.74) is 0.243. The van der Waals surface area contributed by atoms with Crippen molar-refractivity contribution in [3.8, 4) is 0 Å². The standard InChI is InChI=1S/C8H19N2OP/c1-8(2)12(11)9(3)6-5-7-10(12)4/h8H,5-7H2,1-4H3. The highest BCUT2D eigenvalue weighted by atomic mass is 31.2. The molecule has 0 aromatic carbocycles. The molecule has 0 N–H and O–H groups in total. The van der Waals surface area contributed by atoms with Gasteiger partial charge >= 0.3 is 0 Å². The lowest BCUT2D eigenvalue weighted by Crippen LogP contribution is -2.47. The Morgan fingerprint density at radius 2 is 1.58 bits per heavy atom. The smallest absolute Gasteiger partial charge is 0.108 e. The van der Waals surface area contributed by atoms with E-state index in [9.17, 15) is 4.89 Å². The Hall–Kier alpha value is 0.310. The van der Waals surface area contributed by atoms with Gasteiger partial charge in [-0.05, 0) is 20.3 Å². The summed E-state index contributed by atoms with van der Waals surface area (Å²) >= 11 is 0. The normalized spacial score (nSPS) is 26.5. The lowest BCUT2D eigenvalue weighted by Gasteiger charge is -2.49. The summed E-state index contributed by atoms with van der Waals surface area (Å²) in [7, 11) is 1.74. The van der Waals surface area contributed by atoms with Crippen molar-refractivity contribution in [1.29, 1.82) is 0 Å². The summed E-state index contributed by atoms with van der Waals surface area (Å²) in [6.07, 6.45) is 1.13. The lowest BCUT2D eigenvalue weighted by atomic mass is 10.4. The predicted octanol–water partition coefficient (Wildman–Crippen LogP) is 0.785. The summed E-state index contributed by atoms with van der Waals surface area (Å²) in [4.78, 5) is 12.4. The van der Waals surface area contributed by atoms with Gasteiger partial charge in [-0.15, -0.1) is 0 Å². The maximum atomic E-state index is 12.4. The van der Waals surface area contributed by atoms with Crippen molar-refractivity contribution in [2.45, 2.75) is 25.9 Å². The van der Waals surface area contributed by atoms with Gasteiger partial charge in [0.25, 0.3) is 0 Å². The van der Waals surface area contributed by atoms with Crippen LogP contribution < -0.4 is 4.89 Å². The molecule has 0 saturated carbocycles. The Balaban J connectivity index is 2.80. The van der Waals surface area contributed by atoms with E-state index in [-0.39, 0.29) is 5.66 Å². The molecule has 12 heavy (non-hydrogen) atoms. The van der Waals surface area contributed by atoms with Crippen LogP contribution in [-0.4, -0.2) is 42.2 Å². The highest BCUT2D eigenvalue weighted by Crippen LogP contribution is 2.60. The van der Waals surface area contributed by atoms with E-state index < -0.39 is 7.79 Å². The third kappa shape index (κ3) is 1.51. The van der Waals surface area contributed by atoms with Crippen molar-refractivity contribution in [1.82, 2.24) is 9.34 Å². The van der Waals surface area contributed by atoms with Crippen LogP contribution in [0.5, 0.6) is 0 Å². The summed E-state index contributed by atoms with van der Waals surface area (Å²) in [6.45, 7) is 6.03. The zero-order valence-electron chi connectivity index (χ0n) is 8.45. The van der Waals surface area contributed by atoms with Crippen molar-refractivity contribution >= 4 is 7.79 Å². The second-order valence-corrected chi connectivity index (χ2v) is 7.38. The van der Waals surface area contributed by atoms with Crippen LogP contribution in [-0.2, 0) is 0 Å². The Bertz CT molecular complexity index is 153. The Morgan fingerprint density at radius 3 is 1.83 bits per heavy atom. The van der Waals surface area contributed by atoms with E-state index in [2.05, 4.69) is 0 Å². The Morgan fingerprint density at radius 1 is 1.17 bits per heavy atom. The predicted molar refractivity (Wildman–Crippen MR) is 51.9 cm³/mol. The summed E-state index contributed by atoms with van der Waals surface area (Å²) in [5.74, 6) is 0. The molecule has 0 atom stereocenters. The fraction of sp³-hybridized carbons (Fsp3) is 1.00. The van der Waals surface area contributed by atoms with Crippen molar-refractivity contribution in [2.24, 2.45) is 0 Å². The molecule has 0 radical (unpaired) electrons. The minimum absolute atomic E-state index is 0.243. The first-order valence-electron chi connectivity index (χ1n) is 4.52. The molecule has 1 aliphatic heterocycles. The van der Waals surface area contributed by atoms with Gasteiger partial charge in [0.15, 0.2) is 0 Å². The van der Waals surface area contributed by atoms with E-state index in [1.165, 1.54) is 0 Å².